The van der Waals surface area contributed by atoms with Crippen LogP contribution >= 0.6 is 0 Å². The van der Waals surface area contributed by atoms with Crippen LogP contribution in [-0.2, 0) is 6.18 Å². The molecule has 3 N–H and O–H groups in total. The van der Waals surface area contributed by atoms with E-state index in [9.17, 15) is 18.3 Å². The van der Waals surface area contributed by atoms with Crippen molar-refractivity contribution in [2.75, 3.05) is 13.6 Å². The molecule has 0 aliphatic rings. The van der Waals surface area contributed by atoms with Crippen LogP contribution in [0.15, 0.2) is 18.2 Å². The Bertz CT molecular complexity index is 366. The molecule has 3 nitrogen and oxygen atoms in total. The lowest BCUT2D eigenvalue weighted by Gasteiger charge is -2.17. The van der Waals surface area contributed by atoms with Crippen LogP contribution in [-0.4, -0.2) is 23.8 Å². The van der Waals surface area contributed by atoms with E-state index in [4.69, 9.17) is 5.11 Å². The number of phenols is 1. The summed E-state index contributed by atoms with van der Waals surface area (Å²) in [4.78, 5) is 0. The highest BCUT2D eigenvalue weighted by Crippen LogP contribution is 2.36. The van der Waals surface area contributed by atoms with Crippen molar-refractivity contribution < 1.29 is 23.4 Å². The summed E-state index contributed by atoms with van der Waals surface area (Å²) in [6.07, 6.45) is -5.86. The lowest BCUT2D eigenvalue weighted by molar-refractivity contribution is -0.139. The molecule has 1 aromatic carbocycles. The van der Waals surface area contributed by atoms with Crippen LogP contribution in [0, 0.1) is 0 Å². The number of rotatable bonds is 3. The molecule has 0 heterocycles. The Balaban J connectivity index is 3.18. The van der Waals surface area contributed by atoms with Gasteiger partial charge >= 0.3 is 6.18 Å². The smallest absolute Gasteiger partial charge is 0.416 e. The maximum atomic E-state index is 12.6. The van der Waals surface area contributed by atoms with Gasteiger partial charge in [-0.05, 0) is 24.7 Å². The summed E-state index contributed by atoms with van der Waals surface area (Å²) >= 11 is 0. The van der Waals surface area contributed by atoms with Crippen LogP contribution in [0.5, 0.6) is 5.75 Å². The number of aliphatic hydroxyl groups excluding tert-OH is 1. The lowest BCUT2D eigenvalue weighted by Crippen LogP contribution is -2.20. The molecular formula is C10H12F3NO2. The average Bonchev–Trinajstić information content (AvgIpc) is 2.16. The summed E-state index contributed by atoms with van der Waals surface area (Å²) in [5, 5.41) is 21.1. The Morgan fingerprint density at radius 3 is 2.50 bits per heavy atom. The number of hydrogen-bond donors (Lipinski definition) is 3. The number of phenolic OH excluding ortho intramolecular Hbond substituents is 1. The van der Waals surface area contributed by atoms with Crippen molar-refractivity contribution in [1.82, 2.24) is 5.32 Å². The van der Waals surface area contributed by atoms with Gasteiger partial charge in [-0.1, -0.05) is 6.07 Å². The van der Waals surface area contributed by atoms with Crippen LogP contribution in [0.1, 0.15) is 17.2 Å². The van der Waals surface area contributed by atoms with Crippen molar-refractivity contribution in [2.24, 2.45) is 0 Å². The van der Waals surface area contributed by atoms with Gasteiger partial charge in [0.25, 0.3) is 0 Å². The molecule has 0 spiro atoms. The summed E-state index contributed by atoms with van der Waals surface area (Å²) in [6.45, 7) is 0.00779. The van der Waals surface area contributed by atoms with Crippen molar-refractivity contribution in [3.05, 3.63) is 29.3 Å². The minimum Gasteiger partial charge on any atom is -0.508 e. The molecule has 0 aromatic heterocycles. The van der Waals surface area contributed by atoms with Gasteiger partial charge in [0, 0.05) is 6.54 Å². The first-order valence-electron chi connectivity index (χ1n) is 4.59. The van der Waals surface area contributed by atoms with Crippen LogP contribution in [0.4, 0.5) is 13.2 Å². The second-order valence-corrected chi connectivity index (χ2v) is 3.34. The second-order valence-electron chi connectivity index (χ2n) is 3.34. The summed E-state index contributed by atoms with van der Waals surface area (Å²) in [5.74, 6) is -0.479. The van der Waals surface area contributed by atoms with Crippen molar-refractivity contribution >= 4 is 0 Å². The molecule has 1 aromatic rings. The standard InChI is InChI=1S/C10H12F3NO2/c1-14-5-9(16)7-3-2-6(15)4-8(7)10(11,12)13/h2-4,9,14-16H,5H2,1H3. The number of likely N-dealkylation sites (N-methyl/N-ethyl adjacent to an activating group) is 1. The quantitative estimate of drug-likeness (QED) is 0.746. The first-order chi connectivity index (χ1) is 7.36. The number of aliphatic hydroxyl groups is 1. The fourth-order valence-corrected chi connectivity index (χ4v) is 1.38. The average molecular weight is 235 g/mol. The molecule has 0 aliphatic heterocycles. The zero-order valence-electron chi connectivity index (χ0n) is 8.54. The molecule has 6 heteroatoms. The third-order valence-corrected chi connectivity index (χ3v) is 2.10. The van der Waals surface area contributed by atoms with Gasteiger partial charge in [-0.15, -0.1) is 0 Å². The van der Waals surface area contributed by atoms with Gasteiger partial charge in [-0.3, -0.25) is 0 Å². The minimum absolute atomic E-state index is 0.00779. The zero-order chi connectivity index (χ0) is 12.3. The molecule has 1 rings (SSSR count). The molecule has 16 heavy (non-hydrogen) atoms. The van der Waals surface area contributed by atoms with E-state index in [0.717, 1.165) is 12.1 Å². The molecule has 90 valence electrons. The molecule has 1 unspecified atom stereocenters. The maximum absolute atomic E-state index is 12.6. The van der Waals surface area contributed by atoms with Gasteiger partial charge < -0.3 is 15.5 Å². The number of aromatic hydroxyl groups is 1. The summed E-state index contributed by atoms with van der Waals surface area (Å²) in [5.41, 5.74) is -1.27. The van der Waals surface area contributed by atoms with Crippen LogP contribution in [0.3, 0.4) is 0 Å². The van der Waals surface area contributed by atoms with E-state index in [1.165, 1.54) is 7.05 Å². The molecule has 1 atom stereocenters. The molecule has 0 saturated carbocycles. The number of alkyl halides is 3. The first kappa shape index (κ1) is 12.8. The topological polar surface area (TPSA) is 52.5 Å². The molecule has 0 radical (unpaired) electrons. The Hall–Kier alpha value is -1.27. The van der Waals surface area contributed by atoms with E-state index >= 15 is 0 Å². The number of benzene rings is 1. The summed E-state index contributed by atoms with van der Waals surface area (Å²) < 4.78 is 37.8. The predicted molar refractivity (Wildman–Crippen MR) is 52.0 cm³/mol. The first-order valence-corrected chi connectivity index (χ1v) is 4.59. The fraction of sp³-hybridized carbons (Fsp3) is 0.400. The number of nitrogens with one attached hydrogen (secondary N) is 1. The van der Waals surface area contributed by atoms with E-state index in [2.05, 4.69) is 5.32 Å². The van der Waals surface area contributed by atoms with E-state index in [1.807, 2.05) is 0 Å². The van der Waals surface area contributed by atoms with Crippen molar-refractivity contribution in [1.29, 1.82) is 0 Å². The Morgan fingerprint density at radius 2 is 2.00 bits per heavy atom. The summed E-state index contributed by atoms with van der Waals surface area (Å²) in [6, 6.07) is 2.79. The molecule has 0 aliphatic carbocycles. The van der Waals surface area contributed by atoms with E-state index in [0.29, 0.717) is 6.07 Å². The largest absolute Gasteiger partial charge is 0.508 e. The zero-order valence-corrected chi connectivity index (χ0v) is 8.54. The van der Waals surface area contributed by atoms with Gasteiger partial charge in [0.15, 0.2) is 0 Å². The maximum Gasteiger partial charge on any atom is 0.416 e. The van der Waals surface area contributed by atoms with Crippen LogP contribution < -0.4 is 5.32 Å². The second kappa shape index (κ2) is 4.71. The van der Waals surface area contributed by atoms with Gasteiger partial charge in [0.1, 0.15) is 5.75 Å². The van der Waals surface area contributed by atoms with Crippen LogP contribution in [0.2, 0.25) is 0 Å². The fourth-order valence-electron chi connectivity index (χ4n) is 1.38. The van der Waals surface area contributed by atoms with Crippen molar-refractivity contribution in [3.8, 4) is 5.75 Å². The van der Waals surface area contributed by atoms with Crippen molar-refractivity contribution in [3.63, 3.8) is 0 Å². The van der Waals surface area contributed by atoms with Crippen LogP contribution in [0.25, 0.3) is 0 Å². The van der Waals surface area contributed by atoms with E-state index < -0.39 is 23.6 Å². The van der Waals surface area contributed by atoms with Gasteiger partial charge in [0.2, 0.25) is 0 Å². The van der Waals surface area contributed by atoms with E-state index in [-0.39, 0.29) is 12.1 Å². The third kappa shape index (κ3) is 2.86. The Labute approximate surface area is 90.5 Å². The third-order valence-electron chi connectivity index (χ3n) is 2.10. The predicted octanol–water partition coefficient (Wildman–Crippen LogP) is 1.66. The number of hydrogen-bond acceptors (Lipinski definition) is 3. The van der Waals surface area contributed by atoms with Gasteiger partial charge in [-0.25, -0.2) is 0 Å². The molecule has 0 fully saturated rings. The minimum atomic E-state index is -4.59. The van der Waals surface area contributed by atoms with Gasteiger partial charge in [0.05, 0.1) is 11.7 Å². The molecular weight excluding hydrogens is 223 g/mol. The lowest BCUT2D eigenvalue weighted by atomic mass is 10.0. The number of halogens is 3. The normalized spacial score (nSPS) is 13.8. The molecule has 0 bridgehead atoms. The Morgan fingerprint density at radius 1 is 1.38 bits per heavy atom. The SMILES string of the molecule is CNCC(O)c1ccc(O)cc1C(F)(F)F. The summed E-state index contributed by atoms with van der Waals surface area (Å²) in [7, 11) is 1.52. The monoisotopic (exact) mass is 235 g/mol. The highest BCUT2D eigenvalue weighted by molar-refractivity contribution is 5.38. The Kier molecular flexibility index (Phi) is 3.77. The van der Waals surface area contributed by atoms with Gasteiger partial charge in [-0.2, -0.15) is 13.2 Å². The molecule has 0 saturated heterocycles. The van der Waals surface area contributed by atoms with Crippen molar-refractivity contribution in [2.45, 2.75) is 12.3 Å². The molecule has 0 amide bonds. The highest BCUT2D eigenvalue weighted by Gasteiger charge is 2.35. The van der Waals surface area contributed by atoms with E-state index in [1.54, 1.807) is 0 Å². The highest BCUT2D eigenvalue weighted by atomic mass is 19.4.